The zero-order chi connectivity index (χ0) is 22.4. The molecule has 0 aliphatic carbocycles. The minimum Gasteiger partial charge on any atom is -0.366 e. The number of aryl methyl sites for hydroxylation is 1. The van der Waals surface area contributed by atoms with Gasteiger partial charge in [0.05, 0.1) is 17.1 Å². The van der Waals surface area contributed by atoms with Crippen LogP contribution < -0.4 is 5.73 Å². The van der Waals surface area contributed by atoms with Gasteiger partial charge < -0.3 is 19.9 Å². The first kappa shape index (κ1) is 21.8. The Balaban J connectivity index is 1.55. The molecule has 0 bridgehead atoms. The lowest BCUT2D eigenvalue weighted by molar-refractivity contribution is -0.190. The highest BCUT2D eigenvalue weighted by molar-refractivity contribution is 7.86. The molecule has 1 aromatic carbocycles. The van der Waals surface area contributed by atoms with Gasteiger partial charge >= 0.3 is 0 Å². The molecule has 2 aliphatic heterocycles. The van der Waals surface area contributed by atoms with Crippen LogP contribution in [0.1, 0.15) is 41.4 Å². The Morgan fingerprint density at radius 3 is 2.52 bits per heavy atom. The molecule has 0 spiro atoms. The van der Waals surface area contributed by atoms with Crippen molar-refractivity contribution in [3.05, 3.63) is 59.4 Å². The van der Waals surface area contributed by atoms with Gasteiger partial charge in [0.1, 0.15) is 24.4 Å². The van der Waals surface area contributed by atoms with Gasteiger partial charge in [-0.25, -0.2) is 0 Å². The zero-order valence-corrected chi connectivity index (χ0v) is 18.2. The van der Waals surface area contributed by atoms with E-state index in [2.05, 4.69) is 4.98 Å². The van der Waals surface area contributed by atoms with Crippen molar-refractivity contribution < 1.29 is 31.6 Å². The molecule has 1 amide bonds. The number of carbonyl (C=O) groups is 1. The number of rotatable bonds is 6. The minimum atomic E-state index is -3.97. The summed E-state index contributed by atoms with van der Waals surface area (Å²) in [6.07, 6.45) is 0.475. The van der Waals surface area contributed by atoms with E-state index in [1.807, 2.05) is 6.92 Å². The lowest BCUT2D eigenvalue weighted by atomic mass is 10.0. The summed E-state index contributed by atoms with van der Waals surface area (Å²) in [4.78, 5) is 15.6. The Morgan fingerprint density at radius 1 is 1.16 bits per heavy atom. The van der Waals surface area contributed by atoms with Gasteiger partial charge in [0.15, 0.2) is 5.79 Å². The van der Waals surface area contributed by atoms with Crippen molar-refractivity contribution in [2.75, 3.05) is 6.61 Å². The van der Waals surface area contributed by atoms with E-state index in [0.29, 0.717) is 5.56 Å². The minimum absolute atomic E-state index is 0.0616. The molecule has 10 heteroatoms. The largest absolute Gasteiger partial charge is 0.366 e. The van der Waals surface area contributed by atoms with Gasteiger partial charge in [-0.05, 0) is 39.0 Å². The van der Waals surface area contributed by atoms with E-state index in [0.717, 1.165) is 5.56 Å². The summed E-state index contributed by atoms with van der Waals surface area (Å²) < 4.78 is 48.5. The van der Waals surface area contributed by atoms with Gasteiger partial charge in [-0.2, -0.15) is 8.42 Å². The number of nitrogens with two attached hydrogens (primary N) is 1. The van der Waals surface area contributed by atoms with Crippen molar-refractivity contribution in [2.24, 2.45) is 5.73 Å². The lowest BCUT2D eigenvalue weighted by Gasteiger charge is -2.24. The van der Waals surface area contributed by atoms with E-state index in [9.17, 15) is 13.2 Å². The SMILES string of the molecule is Cc1ccc(S(=O)(=O)OC[C@H]2O[C@@H](c3cncc(C(N)=O)c3)[C@@H]3OC(C)(C)O[C@@H]32)cc1. The van der Waals surface area contributed by atoms with E-state index in [1.165, 1.54) is 18.3 Å². The van der Waals surface area contributed by atoms with Gasteiger partial charge in [0.2, 0.25) is 5.91 Å². The molecular weight excluding hydrogens is 424 g/mol. The van der Waals surface area contributed by atoms with Gasteiger partial charge in [-0.15, -0.1) is 0 Å². The standard InChI is InChI=1S/C21H24N2O7S/c1-12-4-6-15(7-5-12)31(25,26)27-11-16-18-19(30-21(2,3)29-18)17(28-16)13-8-14(20(22)24)10-23-9-13/h4-10,16-19H,11H2,1-3H3,(H2,22,24)/t16-,17+,18-,19+/m1/s1. The van der Waals surface area contributed by atoms with Crippen LogP contribution in [0.4, 0.5) is 0 Å². The van der Waals surface area contributed by atoms with Crippen molar-refractivity contribution in [2.45, 2.75) is 55.9 Å². The number of amides is 1. The molecule has 3 heterocycles. The summed E-state index contributed by atoms with van der Waals surface area (Å²) in [5.41, 5.74) is 7.11. The maximum absolute atomic E-state index is 12.6. The predicted molar refractivity (Wildman–Crippen MR) is 109 cm³/mol. The second-order valence-electron chi connectivity index (χ2n) is 8.08. The molecule has 0 radical (unpaired) electrons. The number of hydrogen-bond donors (Lipinski definition) is 1. The molecule has 4 atom stereocenters. The van der Waals surface area contributed by atoms with Gasteiger partial charge in [0, 0.05) is 18.0 Å². The molecule has 2 aromatic rings. The number of carbonyl (C=O) groups excluding carboxylic acids is 1. The Kier molecular flexibility index (Phi) is 5.61. The van der Waals surface area contributed by atoms with Crippen LogP contribution in [-0.4, -0.2) is 50.0 Å². The molecule has 166 valence electrons. The molecule has 2 saturated heterocycles. The van der Waals surface area contributed by atoms with Gasteiger partial charge in [-0.1, -0.05) is 17.7 Å². The highest BCUT2D eigenvalue weighted by Gasteiger charge is 2.56. The molecule has 2 N–H and O–H groups in total. The molecule has 2 aliphatic rings. The predicted octanol–water partition coefficient (Wildman–Crippen LogP) is 1.85. The Morgan fingerprint density at radius 2 is 1.84 bits per heavy atom. The van der Waals surface area contributed by atoms with Crippen molar-refractivity contribution in [1.29, 1.82) is 0 Å². The highest BCUT2D eigenvalue weighted by Crippen LogP contribution is 2.45. The van der Waals surface area contributed by atoms with E-state index >= 15 is 0 Å². The summed E-state index contributed by atoms with van der Waals surface area (Å²) in [5.74, 6) is -1.50. The third-order valence-electron chi connectivity index (χ3n) is 5.22. The smallest absolute Gasteiger partial charge is 0.297 e. The molecular formula is C21H24N2O7S. The Hall–Kier alpha value is -2.37. The molecule has 9 nitrogen and oxygen atoms in total. The van der Waals surface area contributed by atoms with E-state index in [-0.39, 0.29) is 17.1 Å². The third kappa shape index (κ3) is 4.48. The van der Waals surface area contributed by atoms with E-state index < -0.39 is 46.2 Å². The maximum atomic E-state index is 12.6. The van der Waals surface area contributed by atoms with Crippen molar-refractivity contribution in [3.8, 4) is 0 Å². The van der Waals surface area contributed by atoms with Gasteiger partial charge in [-0.3, -0.25) is 14.0 Å². The summed E-state index contributed by atoms with van der Waals surface area (Å²) in [6.45, 7) is 5.14. The number of benzene rings is 1. The highest BCUT2D eigenvalue weighted by atomic mass is 32.2. The number of pyridine rings is 1. The second-order valence-corrected chi connectivity index (χ2v) is 9.70. The van der Waals surface area contributed by atoms with Crippen LogP contribution >= 0.6 is 0 Å². The van der Waals surface area contributed by atoms with Crippen LogP contribution in [0.3, 0.4) is 0 Å². The number of fused-ring (bicyclic) bond motifs is 1. The van der Waals surface area contributed by atoms with E-state index in [1.54, 1.807) is 38.2 Å². The number of nitrogens with zero attached hydrogens (tertiary/aromatic N) is 1. The topological polar surface area (TPSA) is 127 Å². The van der Waals surface area contributed by atoms with Crippen molar-refractivity contribution in [3.63, 3.8) is 0 Å². The normalized spacial score (nSPS) is 27.2. The first-order chi connectivity index (χ1) is 14.6. The summed E-state index contributed by atoms with van der Waals surface area (Å²) >= 11 is 0. The average Bonchev–Trinajstić information content (AvgIpc) is 3.20. The van der Waals surface area contributed by atoms with Crippen LogP contribution in [0.25, 0.3) is 0 Å². The Labute approximate surface area is 180 Å². The average molecular weight is 448 g/mol. The Bertz CT molecular complexity index is 1090. The maximum Gasteiger partial charge on any atom is 0.297 e. The molecule has 2 fully saturated rings. The zero-order valence-electron chi connectivity index (χ0n) is 17.3. The van der Waals surface area contributed by atoms with E-state index in [4.69, 9.17) is 24.1 Å². The van der Waals surface area contributed by atoms with Crippen LogP contribution in [0, 0.1) is 6.92 Å². The number of ether oxygens (including phenoxy) is 3. The molecule has 31 heavy (non-hydrogen) atoms. The summed E-state index contributed by atoms with van der Waals surface area (Å²) in [6, 6.07) is 7.96. The first-order valence-electron chi connectivity index (χ1n) is 9.78. The summed E-state index contributed by atoms with van der Waals surface area (Å²) in [7, 11) is -3.97. The lowest BCUT2D eigenvalue weighted by Crippen LogP contribution is -2.33. The first-order valence-corrected chi connectivity index (χ1v) is 11.2. The van der Waals surface area contributed by atoms with Crippen molar-refractivity contribution in [1.82, 2.24) is 4.98 Å². The summed E-state index contributed by atoms with van der Waals surface area (Å²) in [5, 5.41) is 0. The van der Waals surface area contributed by atoms with Crippen LogP contribution in [-0.2, 0) is 28.5 Å². The molecule has 0 unspecified atom stereocenters. The quantitative estimate of drug-likeness (QED) is 0.664. The fourth-order valence-corrected chi connectivity index (χ4v) is 4.68. The third-order valence-corrected chi connectivity index (χ3v) is 6.52. The molecule has 1 aromatic heterocycles. The van der Waals surface area contributed by atoms with Crippen LogP contribution in [0.5, 0.6) is 0 Å². The monoisotopic (exact) mass is 448 g/mol. The molecule has 4 rings (SSSR count). The van der Waals surface area contributed by atoms with Crippen molar-refractivity contribution >= 4 is 16.0 Å². The molecule has 0 saturated carbocycles. The number of primary amides is 1. The van der Waals surface area contributed by atoms with Crippen LogP contribution in [0.2, 0.25) is 0 Å². The fourth-order valence-electron chi connectivity index (χ4n) is 3.76. The number of aromatic nitrogens is 1. The second kappa shape index (κ2) is 7.95. The number of hydrogen-bond acceptors (Lipinski definition) is 8. The van der Waals surface area contributed by atoms with Gasteiger partial charge in [0.25, 0.3) is 10.1 Å². The fraction of sp³-hybridized carbons (Fsp3) is 0.429. The van der Waals surface area contributed by atoms with Crippen LogP contribution in [0.15, 0.2) is 47.6 Å².